The number of rotatable bonds is 4. The van der Waals surface area contributed by atoms with Gasteiger partial charge in [0.1, 0.15) is 12.9 Å². The molecule has 0 spiro atoms. The van der Waals surface area contributed by atoms with Crippen molar-refractivity contribution in [2.45, 2.75) is 51.1 Å². The van der Waals surface area contributed by atoms with Gasteiger partial charge in [-0.05, 0) is 32.2 Å². The van der Waals surface area contributed by atoms with E-state index < -0.39 is 0 Å². The van der Waals surface area contributed by atoms with Crippen molar-refractivity contribution in [2.24, 2.45) is 0 Å². The molecule has 2 aliphatic heterocycles. The highest BCUT2D eigenvalue weighted by Gasteiger charge is 2.23. The van der Waals surface area contributed by atoms with Gasteiger partial charge in [0, 0.05) is 13.1 Å². The van der Waals surface area contributed by atoms with Crippen LogP contribution >= 0.6 is 12.4 Å². The first-order valence-corrected chi connectivity index (χ1v) is 8.44. The molecule has 2 amide bonds. The third-order valence-corrected chi connectivity index (χ3v) is 4.40. The summed E-state index contributed by atoms with van der Waals surface area (Å²) in [5, 5.41) is 10.0. The minimum absolute atomic E-state index is 0. The maximum Gasteiger partial charge on any atom is 0.248 e. The number of nitrogens with one attached hydrogen (secondary N) is 2. The van der Waals surface area contributed by atoms with Crippen molar-refractivity contribution in [3.63, 3.8) is 0 Å². The Balaban J connectivity index is 0.00000208. The molecule has 0 aromatic carbocycles. The van der Waals surface area contributed by atoms with Crippen molar-refractivity contribution in [3.8, 4) is 0 Å². The third kappa shape index (κ3) is 4.91. The van der Waals surface area contributed by atoms with Crippen LogP contribution in [0.5, 0.6) is 0 Å². The Bertz CT molecular complexity index is 550. The van der Waals surface area contributed by atoms with E-state index in [9.17, 15) is 9.59 Å². The molecule has 3 rings (SSSR count). The van der Waals surface area contributed by atoms with Crippen LogP contribution < -0.4 is 10.6 Å². The maximum atomic E-state index is 12.3. The van der Waals surface area contributed by atoms with E-state index in [1.807, 2.05) is 4.90 Å². The summed E-state index contributed by atoms with van der Waals surface area (Å²) in [5.74, 6) is 0.207. The van der Waals surface area contributed by atoms with Crippen LogP contribution in [0, 0.1) is 0 Å². The van der Waals surface area contributed by atoms with E-state index in [0.29, 0.717) is 0 Å². The number of likely N-dealkylation sites (tertiary alicyclic amines) is 1. The molecule has 9 heteroatoms. The van der Waals surface area contributed by atoms with Crippen LogP contribution in [0.15, 0.2) is 6.33 Å². The van der Waals surface area contributed by atoms with E-state index >= 15 is 0 Å². The molecule has 2 N–H and O–H groups in total. The zero-order chi connectivity index (χ0) is 16.1. The van der Waals surface area contributed by atoms with Gasteiger partial charge < -0.3 is 10.2 Å². The molecule has 1 aromatic rings. The molecule has 2 aliphatic rings. The lowest BCUT2D eigenvalue weighted by Crippen LogP contribution is -2.36. The fourth-order valence-electron chi connectivity index (χ4n) is 3.09. The minimum Gasteiger partial charge on any atom is -0.341 e. The average Bonchev–Trinajstić information content (AvgIpc) is 3.14. The summed E-state index contributed by atoms with van der Waals surface area (Å²) < 4.78 is 1.49. The first-order chi connectivity index (χ1) is 11.2. The average molecular weight is 357 g/mol. The topological polar surface area (TPSA) is 92.2 Å². The van der Waals surface area contributed by atoms with Gasteiger partial charge in [-0.25, -0.2) is 9.67 Å². The molecule has 0 saturated carbocycles. The number of carbonyl (C=O) groups excluding carboxylic acids is 2. The Labute approximate surface area is 147 Å². The third-order valence-electron chi connectivity index (χ3n) is 4.40. The summed E-state index contributed by atoms with van der Waals surface area (Å²) in [4.78, 5) is 30.3. The zero-order valence-corrected chi connectivity index (χ0v) is 14.6. The van der Waals surface area contributed by atoms with Crippen molar-refractivity contribution in [1.29, 1.82) is 0 Å². The number of hydrogen-bond acceptors (Lipinski definition) is 5. The summed E-state index contributed by atoms with van der Waals surface area (Å²) in [7, 11) is 0. The zero-order valence-electron chi connectivity index (χ0n) is 13.7. The molecular formula is C15H25ClN6O2. The Morgan fingerprint density at radius 3 is 2.62 bits per heavy atom. The molecule has 0 bridgehead atoms. The summed E-state index contributed by atoms with van der Waals surface area (Å²) in [6.07, 6.45) is 7.85. The molecule has 24 heavy (non-hydrogen) atoms. The van der Waals surface area contributed by atoms with Crippen molar-refractivity contribution < 1.29 is 9.59 Å². The molecule has 0 aliphatic carbocycles. The van der Waals surface area contributed by atoms with Crippen molar-refractivity contribution in [2.75, 3.05) is 25.0 Å². The Hall–Kier alpha value is -1.67. The van der Waals surface area contributed by atoms with E-state index in [0.717, 1.165) is 45.3 Å². The quantitative estimate of drug-likeness (QED) is 0.832. The molecule has 1 atom stereocenters. The molecule has 1 aromatic heterocycles. The fourth-order valence-corrected chi connectivity index (χ4v) is 3.09. The molecule has 134 valence electrons. The van der Waals surface area contributed by atoms with Gasteiger partial charge in [0.05, 0.1) is 6.04 Å². The first kappa shape index (κ1) is 18.7. The molecule has 3 heterocycles. The normalized spacial score (nSPS) is 21.0. The summed E-state index contributed by atoms with van der Waals surface area (Å²) in [5.41, 5.74) is 0. The van der Waals surface area contributed by atoms with Gasteiger partial charge in [-0.1, -0.05) is 12.8 Å². The summed E-state index contributed by atoms with van der Waals surface area (Å²) in [6.45, 7) is 2.68. The predicted octanol–water partition coefficient (Wildman–Crippen LogP) is 0.793. The second-order valence-electron chi connectivity index (χ2n) is 6.20. The maximum absolute atomic E-state index is 12.3. The standard InChI is InChI=1S/C15H24N6O2.ClH/c22-13(20-8-3-1-2-4-9-20)10-21-11-17-15(19-21)18-14(23)12-6-5-7-16-12;/h11-12,16H,1-10H2,(H,18,19,23);1H. The highest BCUT2D eigenvalue weighted by Crippen LogP contribution is 2.11. The lowest BCUT2D eigenvalue weighted by atomic mass is 10.2. The van der Waals surface area contributed by atoms with Crippen LogP contribution in [0.2, 0.25) is 0 Å². The summed E-state index contributed by atoms with van der Waals surface area (Å²) in [6, 6.07) is -0.166. The van der Waals surface area contributed by atoms with E-state index in [1.165, 1.54) is 23.9 Å². The Morgan fingerprint density at radius 1 is 1.21 bits per heavy atom. The van der Waals surface area contributed by atoms with Crippen LogP contribution in [0.4, 0.5) is 5.95 Å². The molecule has 0 radical (unpaired) electrons. The van der Waals surface area contributed by atoms with Crippen molar-refractivity contribution >= 4 is 30.2 Å². The van der Waals surface area contributed by atoms with E-state index in [2.05, 4.69) is 20.7 Å². The van der Waals surface area contributed by atoms with E-state index in [1.54, 1.807) is 0 Å². The number of nitrogens with zero attached hydrogens (tertiary/aromatic N) is 4. The highest BCUT2D eigenvalue weighted by molar-refractivity contribution is 5.93. The second-order valence-corrected chi connectivity index (χ2v) is 6.20. The van der Waals surface area contributed by atoms with Crippen LogP contribution in [0.1, 0.15) is 38.5 Å². The SMILES string of the molecule is Cl.O=C(Nc1ncn(CC(=O)N2CCCCCC2)n1)C1CCCN1. The number of amides is 2. The molecule has 2 saturated heterocycles. The molecule has 1 unspecified atom stereocenters. The molecular weight excluding hydrogens is 332 g/mol. The number of anilines is 1. The van der Waals surface area contributed by atoms with Crippen molar-refractivity contribution in [3.05, 3.63) is 6.33 Å². The highest BCUT2D eigenvalue weighted by atomic mass is 35.5. The molecule has 8 nitrogen and oxygen atoms in total. The summed E-state index contributed by atoms with van der Waals surface area (Å²) >= 11 is 0. The first-order valence-electron chi connectivity index (χ1n) is 8.44. The smallest absolute Gasteiger partial charge is 0.248 e. The number of carbonyl (C=O) groups is 2. The number of hydrogen-bond donors (Lipinski definition) is 2. The van der Waals surface area contributed by atoms with Crippen LogP contribution in [0.3, 0.4) is 0 Å². The van der Waals surface area contributed by atoms with Crippen LogP contribution in [-0.4, -0.2) is 57.2 Å². The van der Waals surface area contributed by atoms with Gasteiger partial charge in [0.15, 0.2) is 0 Å². The lowest BCUT2D eigenvalue weighted by Gasteiger charge is -2.19. The monoisotopic (exact) mass is 356 g/mol. The lowest BCUT2D eigenvalue weighted by molar-refractivity contribution is -0.132. The predicted molar refractivity (Wildman–Crippen MR) is 92.0 cm³/mol. The number of aromatic nitrogens is 3. The molecule has 2 fully saturated rings. The second kappa shape index (κ2) is 8.98. The Kier molecular flexibility index (Phi) is 6.99. The van der Waals surface area contributed by atoms with E-state index in [-0.39, 0.29) is 42.8 Å². The van der Waals surface area contributed by atoms with Crippen molar-refractivity contribution in [1.82, 2.24) is 25.0 Å². The van der Waals surface area contributed by atoms with Gasteiger partial charge in [-0.3, -0.25) is 14.9 Å². The fraction of sp³-hybridized carbons (Fsp3) is 0.733. The minimum atomic E-state index is -0.166. The Morgan fingerprint density at radius 2 is 1.96 bits per heavy atom. The van der Waals surface area contributed by atoms with E-state index in [4.69, 9.17) is 0 Å². The van der Waals surface area contributed by atoms with Gasteiger partial charge in [0.25, 0.3) is 0 Å². The van der Waals surface area contributed by atoms with Crippen LogP contribution in [0.25, 0.3) is 0 Å². The van der Waals surface area contributed by atoms with Crippen LogP contribution in [-0.2, 0) is 16.1 Å². The van der Waals surface area contributed by atoms with Gasteiger partial charge in [0.2, 0.25) is 17.8 Å². The van der Waals surface area contributed by atoms with Gasteiger partial charge >= 0.3 is 0 Å². The van der Waals surface area contributed by atoms with Gasteiger partial charge in [-0.2, -0.15) is 0 Å². The number of halogens is 1. The largest absolute Gasteiger partial charge is 0.341 e. The van der Waals surface area contributed by atoms with Gasteiger partial charge in [-0.15, -0.1) is 17.5 Å².